The number of nitrogens with zero attached hydrogens (tertiary/aromatic N) is 1. The minimum atomic E-state index is -0.588. The Morgan fingerprint density at radius 2 is 1.63 bits per heavy atom. The van der Waals surface area contributed by atoms with Crippen molar-refractivity contribution in [3.8, 4) is 0 Å². The fourth-order valence-corrected chi connectivity index (χ4v) is 5.05. The number of carbonyl (C=O) groups excluding carboxylic acids is 2. The molecular weight excluding hydrogens is 372 g/mol. The smallest absolute Gasteiger partial charge is 0.231 e. The van der Waals surface area contributed by atoms with Gasteiger partial charge in [-0.15, -0.1) is 0 Å². The van der Waals surface area contributed by atoms with Crippen molar-refractivity contribution in [3.05, 3.63) is 70.8 Å². The molecule has 1 unspecified atom stereocenters. The normalized spacial score (nSPS) is 18.9. The van der Waals surface area contributed by atoms with Gasteiger partial charge >= 0.3 is 0 Å². The summed E-state index contributed by atoms with van der Waals surface area (Å²) in [6.45, 7) is 4.91. The van der Waals surface area contributed by atoms with Gasteiger partial charge in [0.05, 0.1) is 11.5 Å². The predicted molar refractivity (Wildman–Crippen MR) is 119 cm³/mol. The number of rotatable bonds is 4. The molecule has 30 heavy (non-hydrogen) atoms. The molecule has 1 aliphatic heterocycles. The topological polar surface area (TPSA) is 49.4 Å². The van der Waals surface area contributed by atoms with Crippen molar-refractivity contribution in [1.82, 2.24) is 10.2 Å². The van der Waals surface area contributed by atoms with Gasteiger partial charge in [-0.3, -0.25) is 9.59 Å². The zero-order valence-electron chi connectivity index (χ0n) is 18.1. The van der Waals surface area contributed by atoms with E-state index in [0.29, 0.717) is 25.9 Å². The van der Waals surface area contributed by atoms with E-state index in [0.717, 1.165) is 12.0 Å². The van der Waals surface area contributed by atoms with Gasteiger partial charge in [-0.25, -0.2) is 0 Å². The molecule has 2 aromatic carbocycles. The van der Waals surface area contributed by atoms with Gasteiger partial charge in [-0.2, -0.15) is 0 Å². The Morgan fingerprint density at radius 3 is 2.30 bits per heavy atom. The Morgan fingerprint density at radius 1 is 0.967 bits per heavy atom. The molecule has 0 aromatic heterocycles. The first-order chi connectivity index (χ1) is 14.5. The van der Waals surface area contributed by atoms with Crippen molar-refractivity contribution in [2.24, 2.45) is 0 Å². The number of nitrogens with one attached hydrogen (secondary N) is 1. The molecule has 0 bridgehead atoms. The highest BCUT2D eigenvalue weighted by Gasteiger charge is 2.43. The Bertz CT molecular complexity index is 914. The van der Waals surface area contributed by atoms with Gasteiger partial charge in [0.2, 0.25) is 11.8 Å². The van der Waals surface area contributed by atoms with Gasteiger partial charge in [0, 0.05) is 20.0 Å². The van der Waals surface area contributed by atoms with E-state index in [1.165, 1.54) is 36.0 Å². The molecule has 4 rings (SSSR count). The molecule has 0 spiro atoms. The van der Waals surface area contributed by atoms with E-state index in [2.05, 4.69) is 30.4 Å². The predicted octanol–water partition coefficient (Wildman–Crippen LogP) is 4.32. The Kier molecular flexibility index (Phi) is 5.94. The van der Waals surface area contributed by atoms with E-state index in [9.17, 15) is 9.59 Å². The van der Waals surface area contributed by atoms with Crippen LogP contribution >= 0.6 is 0 Å². The van der Waals surface area contributed by atoms with Crippen LogP contribution in [0, 0.1) is 0 Å². The molecule has 4 heteroatoms. The largest absolute Gasteiger partial charge is 0.349 e. The van der Waals surface area contributed by atoms with Crippen LogP contribution in [0.1, 0.15) is 67.8 Å². The number of amides is 2. The van der Waals surface area contributed by atoms with E-state index in [-0.39, 0.29) is 17.9 Å². The SMILES string of the molecule is CC(=O)N1CCC(C(=O)NC(C)c2ccc3c(c2)CCCC3)(c2ccccc2)CC1. The van der Waals surface area contributed by atoms with E-state index in [1.54, 1.807) is 6.92 Å². The lowest BCUT2D eigenvalue weighted by Gasteiger charge is -2.41. The number of benzene rings is 2. The molecule has 1 N–H and O–H groups in total. The van der Waals surface area contributed by atoms with E-state index in [1.807, 2.05) is 35.2 Å². The van der Waals surface area contributed by atoms with Crippen molar-refractivity contribution in [2.75, 3.05) is 13.1 Å². The molecule has 2 aliphatic rings. The van der Waals surface area contributed by atoms with Crippen LogP contribution in [0.2, 0.25) is 0 Å². The number of hydrogen-bond donors (Lipinski definition) is 1. The molecule has 0 radical (unpaired) electrons. The van der Waals surface area contributed by atoms with E-state index >= 15 is 0 Å². The van der Waals surface area contributed by atoms with Crippen molar-refractivity contribution in [3.63, 3.8) is 0 Å². The van der Waals surface area contributed by atoms with Gasteiger partial charge in [0.15, 0.2) is 0 Å². The first-order valence-electron chi connectivity index (χ1n) is 11.2. The van der Waals surface area contributed by atoms with Crippen LogP contribution in [-0.4, -0.2) is 29.8 Å². The third kappa shape index (κ3) is 4.00. The molecule has 158 valence electrons. The van der Waals surface area contributed by atoms with Crippen LogP contribution < -0.4 is 5.32 Å². The van der Waals surface area contributed by atoms with Crippen LogP contribution in [0.3, 0.4) is 0 Å². The second-order valence-electron chi connectivity index (χ2n) is 8.88. The number of hydrogen-bond acceptors (Lipinski definition) is 2. The molecular formula is C26H32N2O2. The molecule has 1 fully saturated rings. The molecule has 1 heterocycles. The maximum atomic E-state index is 13.7. The highest BCUT2D eigenvalue weighted by Crippen LogP contribution is 2.37. The molecule has 1 aliphatic carbocycles. The number of fused-ring (bicyclic) bond motifs is 1. The summed E-state index contributed by atoms with van der Waals surface area (Å²) in [5.74, 6) is 0.154. The first-order valence-corrected chi connectivity index (χ1v) is 11.2. The second-order valence-corrected chi connectivity index (χ2v) is 8.88. The van der Waals surface area contributed by atoms with E-state index in [4.69, 9.17) is 0 Å². The second kappa shape index (κ2) is 8.63. The zero-order valence-corrected chi connectivity index (χ0v) is 18.1. The Hall–Kier alpha value is -2.62. The van der Waals surface area contributed by atoms with Crippen LogP contribution in [0.15, 0.2) is 48.5 Å². The number of likely N-dealkylation sites (tertiary alicyclic amines) is 1. The number of aryl methyl sites for hydroxylation is 2. The molecule has 2 amide bonds. The summed E-state index contributed by atoms with van der Waals surface area (Å²) < 4.78 is 0. The lowest BCUT2D eigenvalue weighted by molar-refractivity contribution is -0.135. The monoisotopic (exact) mass is 404 g/mol. The van der Waals surface area contributed by atoms with Crippen LogP contribution in [0.4, 0.5) is 0 Å². The quantitative estimate of drug-likeness (QED) is 0.825. The van der Waals surface area contributed by atoms with Gasteiger partial charge in [-0.1, -0.05) is 48.5 Å². The summed E-state index contributed by atoms with van der Waals surface area (Å²) in [5, 5.41) is 3.31. The summed E-state index contributed by atoms with van der Waals surface area (Å²) in [4.78, 5) is 27.3. The Labute approximate surface area is 179 Å². The van der Waals surface area contributed by atoms with Gasteiger partial charge in [-0.05, 0) is 67.7 Å². The summed E-state index contributed by atoms with van der Waals surface area (Å²) in [6, 6.07) is 16.7. The molecule has 0 saturated carbocycles. The Balaban J connectivity index is 1.56. The van der Waals surface area contributed by atoms with Crippen molar-refractivity contribution < 1.29 is 9.59 Å². The van der Waals surface area contributed by atoms with Crippen LogP contribution in [0.5, 0.6) is 0 Å². The van der Waals surface area contributed by atoms with Crippen LogP contribution in [0.25, 0.3) is 0 Å². The number of carbonyl (C=O) groups is 2. The van der Waals surface area contributed by atoms with Crippen LogP contribution in [-0.2, 0) is 27.8 Å². The minimum absolute atomic E-state index is 0.0452. The molecule has 1 atom stereocenters. The minimum Gasteiger partial charge on any atom is -0.349 e. The van der Waals surface area contributed by atoms with Gasteiger partial charge in [0.1, 0.15) is 0 Å². The van der Waals surface area contributed by atoms with Crippen molar-refractivity contribution in [2.45, 2.75) is 63.8 Å². The average molecular weight is 405 g/mol. The highest BCUT2D eigenvalue weighted by molar-refractivity contribution is 5.89. The number of piperidine rings is 1. The van der Waals surface area contributed by atoms with Gasteiger partial charge < -0.3 is 10.2 Å². The van der Waals surface area contributed by atoms with Crippen molar-refractivity contribution in [1.29, 1.82) is 0 Å². The third-order valence-corrected chi connectivity index (χ3v) is 7.04. The lowest BCUT2D eigenvalue weighted by Crippen LogP contribution is -2.52. The van der Waals surface area contributed by atoms with Crippen molar-refractivity contribution >= 4 is 11.8 Å². The zero-order chi connectivity index (χ0) is 21.1. The standard InChI is InChI=1S/C26H32N2O2/c1-19(22-13-12-21-8-6-7-9-23(21)18-22)27-25(30)26(24-10-4-3-5-11-24)14-16-28(17-15-26)20(2)29/h3-5,10-13,18-19H,6-9,14-17H2,1-2H3,(H,27,30). The van der Waals surface area contributed by atoms with E-state index < -0.39 is 5.41 Å². The average Bonchev–Trinajstić information content (AvgIpc) is 2.79. The molecule has 2 aromatic rings. The maximum absolute atomic E-state index is 13.7. The third-order valence-electron chi connectivity index (χ3n) is 7.04. The fraction of sp³-hybridized carbons (Fsp3) is 0.462. The highest BCUT2D eigenvalue weighted by atomic mass is 16.2. The maximum Gasteiger partial charge on any atom is 0.231 e. The summed E-state index contributed by atoms with van der Waals surface area (Å²) >= 11 is 0. The summed E-state index contributed by atoms with van der Waals surface area (Å²) in [5.41, 5.74) is 4.53. The first kappa shape index (κ1) is 20.6. The molecule has 4 nitrogen and oxygen atoms in total. The summed E-state index contributed by atoms with van der Waals surface area (Å²) in [7, 11) is 0. The van der Waals surface area contributed by atoms with Gasteiger partial charge in [0.25, 0.3) is 0 Å². The molecule has 1 saturated heterocycles. The fourth-order valence-electron chi connectivity index (χ4n) is 5.05. The lowest BCUT2D eigenvalue weighted by atomic mass is 9.71. The summed E-state index contributed by atoms with van der Waals surface area (Å²) in [6.07, 6.45) is 6.13.